The third kappa shape index (κ3) is 5.35. The van der Waals surface area contributed by atoms with Gasteiger partial charge in [0, 0.05) is 19.3 Å². The molecule has 0 spiro atoms. The Balaban J connectivity index is 1.39. The fourth-order valence-corrected chi connectivity index (χ4v) is 6.61. The van der Waals surface area contributed by atoms with Crippen molar-refractivity contribution < 1.29 is 22.7 Å². The van der Waals surface area contributed by atoms with Crippen LogP contribution in [0.4, 0.5) is 11.4 Å². The molecule has 0 bridgehead atoms. The van der Waals surface area contributed by atoms with E-state index < -0.39 is 39.0 Å². The molecule has 0 aliphatic carbocycles. The summed E-state index contributed by atoms with van der Waals surface area (Å²) in [6.45, 7) is 1.46. The molecule has 0 saturated heterocycles. The van der Waals surface area contributed by atoms with Gasteiger partial charge in [0.2, 0.25) is 0 Å². The molecule has 0 fully saturated rings. The molecule has 3 aromatic carbocycles. The van der Waals surface area contributed by atoms with Crippen LogP contribution in [0.5, 0.6) is 0 Å². The maximum absolute atomic E-state index is 13.4. The Labute approximate surface area is 245 Å². The lowest BCUT2D eigenvalue weighted by atomic mass is 10.2. The van der Waals surface area contributed by atoms with Crippen molar-refractivity contribution in [3.8, 4) is 5.69 Å². The minimum absolute atomic E-state index is 0.166. The number of ether oxygens (including phenoxy) is 1. The standard InChI is InChI=1S/C28H24Cl2N4O6S/c1-17-26(27(36)34(32(17)2)19-9-4-3-5-10-19)31-41(38,39)24-14-20(21(29)15-22(24)30)28(37)40-16-25(35)33-13-12-18-8-6-7-11-23(18)33/h3-11,14-15,31H,12-13,16H2,1-2H3. The zero-order chi connectivity index (χ0) is 29.5. The van der Waals surface area contributed by atoms with Gasteiger partial charge in [-0.25, -0.2) is 17.9 Å². The minimum atomic E-state index is -4.48. The largest absolute Gasteiger partial charge is 0.452 e. The van der Waals surface area contributed by atoms with Crippen molar-refractivity contribution in [3.63, 3.8) is 0 Å². The van der Waals surface area contributed by atoms with Gasteiger partial charge in [-0.2, -0.15) is 0 Å². The lowest BCUT2D eigenvalue weighted by Gasteiger charge is -2.17. The first-order valence-corrected chi connectivity index (χ1v) is 14.6. The Morgan fingerprint density at radius 3 is 2.41 bits per heavy atom. The average Bonchev–Trinajstić information content (AvgIpc) is 3.46. The molecule has 10 nitrogen and oxygen atoms in total. The number of halogens is 2. The molecule has 2 heterocycles. The van der Waals surface area contributed by atoms with Crippen molar-refractivity contribution in [2.75, 3.05) is 22.8 Å². The highest BCUT2D eigenvalue weighted by Gasteiger charge is 2.29. The summed E-state index contributed by atoms with van der Waals surface area (Å²) in [5.41, 5.74) is 1.54. The number of aromatic nitrogens is 2. The minimum Gasteiger partial charge on any atom is -0.452 e. The van der Waals surface area contributed by atoms with E-state index in [-0.39, 0.29) is 21.3 Å². The molecule has 13 heteroatoms. The van der Waals surface area contributed by atoms with E-state index in [1.807, 2.05) is 24.3 Å². The van der Waals surface area contributed by atoms with E-state index in [4.69, 9.17) is 27.9 Å². The zero-order valence-electron chi connectivity index (χ0n) is 21.9. The Hall–Kier alpha value is -4.06. The molecule has 1 aliphatic rings. The van der Waals surface area contributed by atoms with Crippen LogP contribution in [-0.2, 0) is 33.0 Å². The third-order valence-electron chi connectivity index (χ3n) is 6.84. The highest BCUT2D eigenvalue weighted by molar-refractivity contribution is 7.92. The van der Waals surface area contributed by atoms with Crippen LogP contribution in [0.25, 0.3) is 5.69 Å². The number of benzene rings is 3. The number of para-hydroxylation sites is 2. The van der Waals surface area contributed by atoms with Crippen LogP contribution in [0.2, 0.25) is 10.0 Å². The maximum Gasteiger partial charge on any atom is 0.340 e. The lowest BCUT2D eigenvalue weighted by molar-refractivity contribution is -0.121. The number of sulfonamides is 1. The molecule has 212 valence electrons. The predicted molar refractivity (Wildman–Crippen MR) is 156 cm³/mol. The van der Waals surface area contributed by atoms with Crippen LogP contribution >= 0.6 is 23.2 Å². The van der Waals surface area contributed by atoms with Gasteiger partial charge in [0.1, 0.15) is 10.6 Å². The van der Waals surface area contributed by atoms with Crippen LogP contribution in [0, 0.1) is 6.92 Å². The molecule has 1 N–H and O–H groups in total. The second-order valence-electron chi connectivity index (χ2n) is 9.30. The average molecular weight is 615 g/mol. The van der Waals surface area contributed by atoms with Crippen molar-refractivity contribution in [1.82, 2.24) is 9.36 Å². The molecule has 0 unspecified atom stereocenters. The summed E-state index contributed by atoms with van der Waals surface area (Å²) in [5.74, 6) is -1.44. The second kappa shape index (κ2) is 11.1. The van der Waals surface area contributed by atoms with Crippen molar-refractivity contribution >= 4 is 56.5 Å². The molecule has 5 rings (SSSR count). The molecule has 1 aromatic heterocycles. The van der Waals surface area contributed by atoms with E-state index in [9.17, 15) is 22.8 Å². The number of carbonyl (C=O) groups excluding carboxylic acids is 2. The highest BCUT2D eigenvalue weighted by Crippen LogP contribution is 2.31. The quantitative estimate of drug-likeness (QED) is 0.309. The summed E-state index contributed by atoms with van der Waals surface area (Å²) >= 11 is 12.4. The Morgan fingerprint density at radius 1 is 1.00 bits per heavy atom. The van der Waals surface area contributed by atoms with Gasteiger partial charge in [-0.3, -0.25) is 19.0 Å². The first-order chi connectivity index (χ1) is 19.5. The molecule has 0 radical (unpaired) electrons. The fraction of sp³-hybridized carbons (Fsp3) is 0.179. The normalized spacial score (nSPS) is 12.7. The number of anilines is 2. The number of esters is 1. The van der Waals surface area contributed by atoms with E-state index >= 15 is 0 Å². The summed E-state index contributed by atoms with van der Waals surface area (Å²) in [6.07, 6.45) is 0.685. The first kappa shape index (κ1) is 28.5. The Kier molecular flexibility index (Phi) is 7.69. The summed E-state index contributed by atoms with van der Waals surface area (Å²) in [6, 6.07) is 18.2. The van der Waals surface area contributed by atoms with Crippen molar-refractivity contribution in [3.05, 3.63) is 104 Å². The summed E-state index contributed by atoms with van der Waals surface area (Å²) in [7, 11) is -2.86. The van der Waals surface area contributed by atoms with Gasteiger partial charge in [0.15, 0.2) is 6.61 Å². The number of nitrogens with zero attached hydrogens (tertiary/aromatic N) is 3. The molecule has 0 atom stereocenters. The van der Waals surface area contributed by atoms with Crippen LogP contribution in [-0.4, -0.2) is 42.8 Å². The van der Waals surface area contributed by atoms with E-state index in [1.54, 1.807) is 44.3 Å². The van der Waals surface area contributed by atoms with Gasteiger partial charge >= 0.3 is 5.97 Å². The number of hydrogen-bond donors (Lipinski definition) is 1. The van der Waals surface area contributed by atoms with Gasteiger partial charge in [0.25, 0.3) is 21.5 Å². The van der Waals surface area contributed by atoms with Gasteiger partial charge in [-0.1, -0.05) is 59.6 Å². The Bertz CT molecular complexity index is 1850. The van der Waals surface area contributed by atoms with Crippen LogP contribution < -0.4 is 15.2 Å². The monoisotopic (exact) mass is 614 g/mol. The van der Waals surface area contributed by atoms with E-state index in [1.165, 1.54) is 14.3 Å². The van der Waals surface area contributed by atoms with Gasteiger partial charge in [-0.15, -0.1) is 0 Å². The SMILES string of the molecule is Cc1c(NS(=O)(=O)c2cc(C(=O)OCC(=O)N3CCc4ccccc43)c(Cl)cc2Cl)c(=O)n(-c2ccccc2)n1C. The molecular formula is C28H24Cl2N4O6S. The Morgan fingerprint density at radius 2 is 1.68 bits per heavy atom. The summed E-state index contributed by atoms with van der Waals surface area (Å²) in [5, 5.41) is -0.444. The van der Waals surface area contributed by atoms with Crippen LogP contribution in [0.15, 0.2) is 76.4 Å². The number of fused-ring (bicyclic) bond motifs is 1. The van der Waals surface area contributed by atoms with Crippen LogP contribution in [0.1, 0.15) is 21.6 Å². The second-order valence-corrected chi connectivity index (χ2v) is 11.8. The molecule has 4 aromatic rings. The lowest BCUT2D eigenvalue weighted by Crippen LogP contribution is -2.33. The van der Waals surface area contributed by atoms with Gasteiger partial charge in [0.05, 0.1) is 27.0 Å². The molecule has 41 heavy (non-hydrogen) atoms. The third-order valence-corrected chi connectivity index (χ3v) is 8.96. The molecule has 0 saturated carbocycles. The fourth-order valence-electron chi connectivity index (χ4n) is 4.65. The predicted octanol–water partition coefficient (Wildman–Crippen LogP) is 4.34. The van der Waals surface area contributed by atoms with E-state index in [0.717, 1.165) is 23.4 Å². The zero-order valence-corrected chi connectivity index (χ0v) is 24.3. The summed E-state index contributed by atoms with van der Waals surface area (Å²) in [4.78, 5) is 39.9. The maximum atomic E-state index is 13.4. The molecule has 1 amide bonds. The smallest absolute Gasteiger partial charge is 0.340 e. The van der Waals surface area contributed by atoms with Gasteiger partial charge in [-0.05, 0) is 49.2 Å². The van der Waals surface area contributed by atoms with Gasteiger partial charge < -0.3 is 9.64 Å². The highest BCUT2D eigenvalue weighted by atomic mass is 35.5. The van der Waals surface area contributed by atoms with Crippen molar-refractivity contribution in [2.24, 2.45) is 7.05 Å². The number of rotatable bonds is 7. The number of carbonyl (C=O) groups is 2. The van der Waals surface area contributed by atoms with Crippen molar-refractivity contribution in [2.45, 2.75) is 18.2 Å². The van der Waals surface area contributed by atoms with Crippen LogP contribution in [0.3, 0.4) is 0 Å². The number of amides is 1. The van der Waals surface area contributed by atoms with E-state index in [2.05, 4.69) is 4.72 Å². The number of nitrogens with one attached hydrogen (secondary N) is 1. The summed E-state index contributed by atoms with van der Waals surface area (Å²) < 4.78 is 37.2. The topological polar surface area (TPSA) is 120 Å². The molecular weight excluding hydrogens is 591 g/mol. The molecule has 1 aliphatic heterocycles. The number of hydrogen-bond acceptors (Lipinski definition) is 6. The first-order valence-electron chi connectivity index (χ1n) is 12.4. The van der Waals surface area contributed by atoms with Crippen molar-refractivity contribution in [1.29, 1.82) is 0 Å². The van der Waals surface area contributed by atoms with E-state index in [0.29, 0.717) is 24.3 Å².